The average molecular weight is 408 g/mol. The summed E-state index contributed by atoms with van der Waals surface area (Å²) in [5, 5.41) is 10.4. The van der Waals surface area contributed by atoms with Crippen LogP contribution in [0.4, 0.5) is 18.9 Å². The van der Waals surface area contributed by atoms with Gasteiger partial charge in [0.1, 0.15) is 6.04 Å². The van der Waals surface area contributed by atoms with E-state index < -0.39 is 29.9 Å². The molecule has 0 saturated heterocycles. The van der Waals surface area contributed by atoms with Crippen LogP contribution < -0.4 is 10.9 Å². The molecule has 2 unspecified atom stereocenters. The van der Waals surface area contributed by atoms with Gasteiger partial charge in [-0.05, 0) is 48.7 Å². The molecular weight excluding hydrogens is 385 g/mol. The molecule has 0 fully saturated rings. The normalized spacial score (nSPS) is 13.4. The van der Waals surface area contributed by atoms with Gasteiger partial charge in [0.2, 0.25) is 0 Å². The number of hydrogen-bond acceptors (Lipinski definition) is 5. The van der Waals surface area contributed by atoms with Crippen LogP contribution in [0.3, 0.4) is 0 Å². The van der Waals surface area contributed by atoms with Crippen molar-refractivity contribution < 1.29 is 27.8 Å². The van der Waals surface area contributed by atoms with Crippen molar-refractivity contribution in [3.63, 3.8) is 0 Å². The number of carbonyl (C=O) groups is 1. The van der Waals surface area contributed by atoms with Crippen LogP contribution in [-0.2, 0) is 15.7 Å². The molecule has 0 aliphatic heterocycles. The molecule has 2 aromatic rings. The fraction of sp³-hybridized carbons (Fsp3) is 0.286. The second kappa shape index (κ2) is 10.1. The molecule has 2 atom stereocenters. The molecule has 2 rings (SSSR count). The molecule has 2 aromatic carbocycles. The third-order valence-electron chi connectivity index (χ3n) is 4.14. The molecule has 0 aliphatic carbocycles. The van der Waals surface area contributed by atoms with Gasteiger partial charge >= 0.3 is 12.1 Å². The second-order valence-electron chi connectivity index (χ2n) is 6.32. The van der Waals surface area contributed by atoms with Gasteiger partial charge in [-0.25, -0.2) is 5.43 Å². The van der Waals surface area contributed by atoms with Crippen LogP contribution in [0.5, 0.6) is 0 Å². The highest BCUT2D eigenvalue weighted by atomic mass is 19.4. The Morgan fingerprint density at radius 2 is 1.76 bits per heavy atom. The molecule has 0 amide bonds. The predicted octanol–water partition coefficient (Wildman–Crippen LogP) is 4.23. The Kier molecular flexibility index (Phi) is 7.81. The Morgan fingerprint density at radius 3 is 2.31 bits per heavy atom. The average Bonchev–Trinajstić information content (AvgIpc) is 2.70. The zero-order chi connectivity index (χ0) is 21.4. The standard InChI is InChI=1S/C21H23F3N2O3/c1-3-29-20(28)18(13-14(2)19(27)15-7-5-4-6-8-15)26-25-17-11-9-16(10-12-17)21(22,23)24/h4-12,18-19,25-27H,2-3,13H2,1H3. The Bertz CT molecular complexity index is 808. The van der Waals surface area contributed by atoms with E-state index in [2.05, 4.69) is 17.4 Å². The lowest BCUT2D eigenvalue weighted by atomic mass is 9.97. The summed E-state index contributed by atoms with van der Waals surface area (Å²) < 4.78 is 43.0. The minimum Gasteiger partial charge on any atom is -0.465 e. The molecule has 5 nitrogen and oxygen atoms in total. The van der Waals surface area contributed by atoms with E-state index in [1.807, 2.05) is 6.07 Å². The van der Waals surface area contributed by atoms with Crippen LogP contribution in [0.1, 0.15) is 30.6 Å². The van der Waals surface area contributed by atoms with Crippen molar-refractivity contribution in [1.82, 2.24) is 5.43 Å². The van der Waals surface area contributed by atoms with Gasteiger partial charge in [-0.2, -0.15) is 13.2 Å². The third kappa shape index (κ3) is 6.62. The Hall–Kier alpha value is -2.84. The van der Waals surface area contributed by atoms with E-state index in [1.54, 1.807) is 31.2 Å². The van der Waals surface area contributed by atoms with Crippen molar-refractivity contribution in [1.29, 1.82) is 0 Å². The highest BCUT2D eigenvalue weighted by Crippen LogP contribution is 2.30. The monoisotopic (exact) mass is 408 g/mol. The lowest BCUT2D eigenvalue weighted by Gasteiger charge is -2.22. The Balaban J connectivity index is 2.04. The molecule has 8 heteroatoms. The second-order valence-corrected chi connectivity index (χ2v) is 6.32. The van der Waals surface area contributed by atoms with E-state index in [0.29, 0.717) is 16.8 Å². The third-order valence-corrected chi connectivity index (χ3v) is 4.14. The van der Waals surface area contributed by atoms with Crippen LogP contribution in [-0.4, -0.2) is 23.7 Å². The molecule has 3 N–H and O–H groups in total. The molecule has 0 saturated carbocycles. The highest BCUT2D eigenvalue weighted by molar-refractivity contribution is 5.76. The summed E-state index contributed by atoms with van der Waals surface area (Å²) in [5.41, 5.74) is 6.03. The van der Waals surface area contributed by atoms with Gasteiger partial charge in [0, 0.05) is 5.69 Å². The number of nitrogens with one attached hydrogen (secondary N) is 2. The van der Waals surface area contributed by atoms with Gasteiger partial charge in [-0.1, -0.05) is 36.9 Å². The fourth-order valence-electron chi connectivity index (χ4n) is 2.59. The summed E-state index contributed by atoms with van der Waals surface area (Å²) in [7, 11) is 0. The summed E-state index contributed by atoms with van der Waals surface area (Å²) in [6, 6.07) is 12.3. The number of aliphatic hydroxyl groups excluding tert-OH is 1. The van der Waals surface area contributed by atoms with Crippen molar-refractivity contribution in [2.45, 2.75) is 31.7 Å². The number of alkyl halides is 3. The Labute approximate surface area is 167 Å². The SMILES string of the molecule is C=C(CC(NNc1ccc(C(F)(F)F)cc1)C(=O)OCC)C(O)c1ccccc1. The maximum Gasteiger partial charge on any atom is 0.416 e. The molecule has 0 radical (unpaired) electrons. The van der Waals surface area contributed by atoms with Gasteiger partial charge in [0.05, 0.1) is 18.3 Å². The van der Waals surface area contributed by atoms with Crippen LogP contribution >= 0.6 is 0 Å². The van der Waals surface area contributed by atoms with Crippen molar-refractivity contribution in [2.24, 2.45) is 0 Å². The first-order valence-corrected chi connectivity index (χ1v) is 8.98. The Morgan fingerprint density at radius 1 is 1.14 bits per heavy atom. The lowest BCUT2D eigenvalue weighted by molar-refractivity contribution is -0.145. The number of esters is 1. The largest absolute Gasteiger partial charge is 0.465 e. The molecular formula is C21H23F3N2O3. The first-order chi connectivity index (χ1) is 13.7. The number of halogens is 3. The minimum absolute atomic E-state index is 0.0581. The number of hydrazine groups is 1. The quantitative estimate of drug-likeness (QED) is 0.329. The number of benzene rings is 2. The van der Waals surface area contributed by atoms with E-state index in [9.17, 15) is 23.1 Å². The predicted molar refractivity (Wildman–Crippen MR) is 104 cm³/mol. The van der Waals surface area contributed by atoms with Crippen LogP contribution in [0, 0.1) is 0 Å². The summed E-state index contributed by atoms with van der Waals surface area (Å²) >= 11 is 0. The van der Waals surface area contributed by atoms with Crippen molar-refractivity contribution >= 4 is 11.7 Å². The minimum atomic E-state index is -4.43. The summed E-state index contributed by atoms with van der Waals surface area (Å²) in [6.07, 6.45) is -5.34. The van der Waals surface area contributed by atoms with Gasteiger partial charge in [-0.3, -0.25) is 4.79 Å². The smallest absolute Gasteiger partial charge is 0.416 e. The van der Waals surface area contributed by atoms with E-state index in [-0.39, 0.29) is 13.0 Å². The first-order valence-electron chi connectivity index (χ1n) is 8.98. The molecule has 0 bridgehead atoms. The zero-order valence-electron chi connectivity index (χ0n) is 15.9. The van der Waals surface area contributed by atoms with E-state index in [0.717, 1.165) is 12.1 Å². The van der Waals surface area contributed by atoms with Gasteiger partial charge in [-0.15, -0.1) is 0 Å². The summed E-state index contributed by atoms with van der Waals surface area (Å²) in [6.45, 7) is 5.67. The molecule has 0 heterocycles. The molecule has 29 heavy (non-hydrogen) atoms. The maximum absolute atomic E-state index is 12.7. The molecule has 156 valence electrons. The van der Waals surface area contributed by atoms with E-state index in [4.69, 9.17) is 4.74 Å². The number of anilines is 1. The van der Waals surface area contributed by atoms with E-state index in [1.165, 1.54) is 12.1 Å². The van der Waals surface area contributed by atoms with Crippen molar-refractivity contribution in [2.75, 3.05) is 12.0 Å². The van der Waals surface area contributed by atoms with E-state index >= 15 is 0 Å². The lowest BCUT2D eigenvalue weighted by Crippen LogP contribution is -2.42. The van der Waals surface area contributed by atoms with Crippen LogP contribution in [0.15, 0.2) is 66.7 Å². The molecule has 0 aromatic heterocycles. The first kappa shape index (κ1) is 22.4. The zero-order valence-corrected chi connectivity index (χ0v) is 15.9. The van der Waals surface area contributed by atoms with Crippen molar-refractivity contribution in [3.8, 4) is 0 Å². The highest BCUT2D eigenvalue weighted by Gasteiger charge is 2.30. The number of ether oxygens (including phenoxy) is 1. The molecule has 0 aliphatic rings. The summed E-state index contributed by atoms with van der Waals surface area (Å²) in [4.78, 5) is 12.2. The number of rotatable bonds is 9. The number of carbonyl (C=O) groups excluding carboxylic acids is 1. The van der Waals surface area contributed by atoms with Gasteiger partial charge < -0.3 is 15.3 Å². The van der Waals surface area contributed by atoms with Crippen LogP contribution in [0.25, 0.3) is 0 Å². The molecule has 0 spiro atoms. The topological polar surface area (TPSA) is 70.6 Å². The summed E-state index contributed by atoms with van der Waals surface area (Å²) in [5.74, 6) is -0.576. The number of hydrogen-bond donors (Lipinski definition) is 3. The number of aliphatic hydroxyl groups is 1. The maximum atomic E-state index is 12.7. The van der Waals surface area contributed by atoms with Crippen LogP contribution in [0.2, 0.25) is 0 Å². The van der Waals surface area contributed by atoms with Crippen molar-refractivity contribution in [3.05, 3.63) is 77.9 Å². The fourth-order valence-corrected chi connectivity index (χ4v) is 2.59. The van der Waals surface area contributed by atoms with Gasteiger partial charge in [0.15, 0.2) is 0 Å². The van der Waals surface area contributed by atoms with Gasteiger partial charge in [0.25, 0.3) is 0 Å².